The fourth-order valence-electron chi connectivity index (χ4n) is 6.36. The van der Waals surface area contributed by atoms with E-state index in [9.17, 15) is 19.5 Å². The van der Waals surface area contributed by atoms with Crippen LogP contribution in [-0.2, 0) is 28.6 Å². The Kier molecular flexibility index (Phi) is 35.2. The summed E-state index contributed by atoms with van der Waals surface area (Å²) in [5.41, 5.74) is 0. The molecule has 0 N–H and O–H groups in total. The highest BCUT2D eigenvalue weighted by Crippen LogP contribution is 2.14. The third kappa shape index (κ3) is 35.3. The molecule has 0 aromatic heterocycles. The second-order valence-electron chi connectivity index (χ2n) is 15.9. The van der Waals surface area contributed by atoms with Crippen LogP contribution in [0.2, 0.25) is 0 Å². The summed E-state index contributed by atoms with van der Waals surface area (Å²) in [4.78, 5) is 36.7. The van der Waals surface area contributed by atoms with E-state index < -0.39 is 18.1 Å². The zero-order valence-electron chi connectivity index (χ0n) is 35.2. The van der Waals surface area contributed by atoms with Crippen molar-refractivity contribution in [2.24, 2.45) is 0 Å². The van der Waals surface area contributed by atoms with Crippen molar-refractivity contribution in [2.75, 3.05) is 41.0 Å². The quantitative estimate of drug-likeness (QED) is 0.0267. The Labute approximate surface area is 326 Å². The van der Waals surface area contributed by atoms with Crippen LogP contribution in [0.5, 0.6) is 0 Å². The largest absolute Gasteiger partial charge is 0.544 e. The minimum atomic E-state index is -1.13. The molecule has 53 heavy (non-hydrogen) atoms. The molecule has 0 spiro atoms. The third-order valence-electron chi connectivity index (χ3n) is 9.79. The van der Waals surface area contributed by atoms with E-state index in [-0.39, 0.29) is 42.7 Å². The van der Waals surface area contributed by atoms with Crippen LogP contribution in [0.4, 0.5) is 0 Å². The van der Waals surface area contributed by atoms with Gasteiger partial charge in [0.15, 0.2) is 6.10 Å². The molecule has 0 saturated carbocycles. The predicted octanol–water partition coefficient (Wildman–Crippen LogP) is 10.4. The van der Waals surface area contributed by atoms with Crippen LogP contribution in [0, 0.1) is 0 Å². The van der Waals surface area contributed by atoms with Crippen molar-refractivity contribution in [1.29, 1.82) is 0 Å². The fraction of sp³-hybridized carbons (Fsp3) is 0.844. The van der Waals surface area contributed by atoms with E-state index in [2.05, 4.69) is 38.2 Å². The first-order chi connectivity index (χ1) is 25.6. The van der Waals surface area contributed by atoms with Gasteiger partial charge in [-0.15, -0.1) is 0 Å². The Bertz CT molecular complexity index is 926. The molecule has 0 rings (SSSR count). The monoisotopic (exact) mass is 750 g/mol. The number of hydrogen-bond donors (Lipinski definition) is 0. The van der Waals surface area contributed by atoms with Crippen molar-refractivity contribution in [3.8, 4) is 0 Å². The molecule has 0 aliphatic carbocycles. The maximum absolute atomic E-state index is 12.7. The molecule has 2 atom stereocenters. The lowest BCUT2D eigenvalue weighted by molar-refractivity contribution is -0.889. The van der Waals surface area contributed by atoms with Gasteiger partial charge in [-0.2, -0.15) is 0 Å². The van der Waals surface area contributed by atoms with Crippen molar-refractivity contribution in [1.82, 2.24) is 0 Å². The van der Waals surface area contributed by atoms with E-state index in [1.54, 1.807) is 21.1 Å². The van der Waals surface area contributed by atoms with Gasteiger partial charge in [0.2, 0.25) is 0 Å². The molecule has 0 bridgehead atoms. The number of quaternary nitrogens is 1. The Morgan fingerprint density at radius 2 is 0.981 bits per heavy atom. The van der Waals surface area contributed by atoms with Crippen LogP contribution < -0.4 is 5.11 Å². The topological polar surface area (TPSA) is 102 Å². The van der Waals surface area contributed by atoms with Crippen LogP contribution in [0.1, 0.15) is 194 Å². The number of hydrogen-bond acceptors (Lipinski definition) is 7. The van der Waals surface area contributed by atoms with Crippen molar-refractivity contribution in [3.05, 3.63) is 24.3 Å². The molecule has 0 aliphatic rings. The van der Waals surface area contributed by atoms with Gasteiger partial charge in [-0.3, -0.25) is 9.59 Å². The number of nitrogens with zero attached hydrogens (tertiary/aromatic N) is 1. The number of esters is 2. The Hall–Kier alpha value is -2.19. The predicted molar refractivity (Wildman–Crippen MR) is 217 cm³/mol. The van der Waals surface area contributed by atoms with Crippen molar-refractivity contribution in [3.63, 3.8) is 0 Å². The van der Waals surface area contributed by atoms with Crippen LogP contribution in [0.15, 0.2) is 24.3 Å². The zero-order valence-corrected chi connectivity index (χ0v) is 35.2. The van der Waals surface area contributed by atoms with Gasteiger partial charge in [-0.1, -0.05) is 141 Å². The van der Waals surface area contributed by atoms with Crippen LogP contribution in [0.25, 0.3) is 0 Å². The lowest BCUT2D eigenvalue weighted by Gasteiger charge is -2.34. The SMILES string of the molecule is CCC/C=C\CCCCCCCC(=O)OCC(COCCC(C(=O)[O-])[N+](C)(C)C)OC(=O)CCCCCCCCCCC/C=C\CCCCCCCC. The Morgan fingerprint density at radius 1 is 0.547 bits per heavy atom. The average Bonchev–Trinajstić information content (AvgIpc) is 3.11. The summed E-state index contributed by atoms with van der Waals surface area (Å²) in [5, 5.41) is 11.6. The van der Waals surface area contributed by atoms with Crippen LogP contribution in [0.3, 0.4) is 0 Å². The van der Waals surface area contributed by atoms with Gasteiger partial charge in [0, 0.05) is 19.3 Å². The maximum Gasteiger partial charge on any atom is 0.306 e. The van der Waals surface area contributed by atoms with Crippen LogP contribution >= 0.6 is 0 Å². The van der Waals surface area contributed by atoms with Gasteiger partial charge in [0.1, 0.15) is 12.6 Å². The smallest absolute Gasteiger partial charge is 0.306 e. The molecule has 0 aliphatic heterocycles. The number of carboxylic acids is 1. The van der Waals surface area contributed by atoms with E-state index >= 15 is 0 Å². The Balaban J connectivity index is 4.28. The molecule has 0 heterocycles. The molecule has 8 nitrogen and oxygen atoms in total. The number of unbranched alkanes of at least 4 members (excludes halogenated alkanes) is 21. The summed E-state index contributed by atoms with van der Waals surface area (Å²) in [7, 11) is 5.40. The minimum Gasteiger partial charge on any atom is -0.544 e. The van der Waals surface area contributed by atoms with Gasteiger partial charge in [0.25, 0.3) is 0 Å². The number of carbonyl (C=O) groups excluding carboxylic acids is 3. The summed E-state index contributed by atoms with van der Waals surface area (Å²) in [6.45, 7) is 4.59. The number of likely N-dealkylation sites (N-methyl/N-ethyl adjacent to an activating group) is 1. The number of carboxylic acid groups (broad SMARTS) is 1. The van der Waals surface area contributed by atoms with Gasteiger partial charge in [-0.05, 0) is 57.8 Å². The summed E-state index contributed by atoms with van der Waals surface area (Å²) in [6, 6.07) is -0.724. The summed E-state index contributed by atoms with van der Waals surface area (Å²) < 4.78 is 17.1. The molecule has 310 valence electrons. The van der Waals surface area contributed by atoms with Crippen molar-refractivity contribution >= 4 is 17.9 Å². The highest BCUT2D eigenvalue weighted by molar-refractivity contribution is 5.70. The zero-order chi connectivity index (χ0) is 39.3. The van der Waals surface area contributed by atoms with Crippen molar-refractivity contribution < 1.29 is 38.2 Å². The molecule has 0 amide bonds. The fourth-order valence-corrected chi connectivity index (χ4v) is 6.36. The van der Waals surface area contributed by atoms with E-state index in [1.165, 1.54) is 103 Å². The summed E-state index contributed by atoms with van der Waals surface area (Å²) >= 11 is 0. The first kappa shape index (κ1) is 50.8. The third-order valence-corrected chi connectivity index (χ3v) is 9.79. The highest BCUT2D eigenvalue weighted by Gasteiger charge is 2.25. The molecular formula is C45H83NO7. The molecule has 0 fully saturated rings. The lowest BCUT2D eigenvalue weighted by Crippen LogP contribution is -2.55. The van der Waals surface area contributed by atoms with E-state index in [4.69, 9.17) is 14.2 Å². The molecule has 2 unspecified atom stereocenters. The maximum atomic E-state index is 12.7. The standard InChI is InChI=1S/C45H83NO7/c1-6-8-10-12-14-16-18-19-20-21-22-23-24-25-26-28-30-32-34-36-44(48)53-41(39-51-38-37-42(45(49)50)46(3,4)5)40-52-43(47)35-33-31-29-27-17-15-13-11-9-7-2/h11,13,19-20,41-42H,6-10,12,14-18,21-40H2,1-5H3/b13-11-,20-19-. The number of ether oxygens (including phenoxy) is 3. The molecule has 0 aromatic rings. The van der Waals surface area contributed by atoms with Gasteiger partial charge in [0.05, 0.1) is 40.3 Å². The first-order valence-electron chi connectivity index (χ1n) is 21.9. The van der Waals surface area contributed by atoms with Gasteiger partial charge < -0.3 is 28.6 Å². The lowest BCUT2D eigenvalue weighted by atomic mass is 10.1. The molecule has 0 aromatic carbocycles. The molecular weight excluding hydrogens is 666 g/mol. The second-order valence-corrected chi connectivity index (χ2v) is 15.9. The minimum absolute atomic E-state index is 0.0398. The number of aliphatic carboxylic acids is 1. The number of rotatable bonds is 39. The van der Waals surface area contributed by atoms with Crippen LogP contribution in [-0.4, -0.2) is 75.5 Å². The second kappa shape index (κ2) is 36.8. The van der Waals surface area contributed by atoms with Gasteiger partial charge in [-0.25, -0.2) is 0 Å². The number of carbonyl (C=O) groups is 3. The molecule has 0 radical (unpaired) electrons. The first-order valence-corrected chi connectivity index (χ1v) is 21.9. The van der Waals surface area contributed by atoms with E-state index in [0.717, 1.165) is 57.8 Å². The molecule has 0 saturated heterocycles. The van der Waals surface area contributed by atoms with Gasteiger partial charge >= 0.3 is 11.9 Å². The highest BCUT2D eigenvalue weighted by atomic mass is 16.6. The summed E-state index contributed by atoms with van der Waals surface area (Å²) in [6.07, 6.45) is 39.2. The number of allylic oxidation sites excluding steroid dienone is 4. The Morgan fingerprint density at radius 3 is 1.43 bits per heavy atom. The van der Waals surface area contributed by atoms with Crippen molar-refractivity contribution in [2.45, 2.75) is 206 Å². The summed E-state index contributed by atoms with van der Waals surface area (Å²) in [5.74, 6) is -1.75. The van der Waals surface area contributed by atoms with E-state index in [1.807, 2.05) is 0 Å². The molecule has 8 heteroatoms. The van der Waals surface area contributed by atoms with E-state index in [0.29, 0.717) is 12.8 Å². The average molecular weight is 750 g/mol. The normalized spacial score (nSPS) is 13.2.